The molecule has 0 saturated carbocycles. The summed E-state index contributed by atoms with van der Waals surface area (Å²) < 4.78 is 4.97. The summed E-state index contributed by atoms with van der Waals surface area (Å²) in [4.78, 5) is 0. The third-order valence-electron chi connectivity index (χ3n) is 2.63. The van der Waals surface area contributed by atoms with E-state index in [-0.39, 0.29) is 0 Å². The SMILES string of the molecule is COCCNCCCCc1cccc(C)c1. The van der Waals surface area contributed by atoms with E-state index < -0.39 is 0 Å². The second-order valence-corrected chi connectivity index (χ2v) is 4.19. The second kappa shape index (κ2) is 8.31. The Labute approximate surface area is 99.0 Å². The summed E-state index contributed by atoms with van der Waals surface area (Å²) in [6.07, 6.45) is 3.68. The molecule has 0 saturated heterocycles. The molecule has 1 aromatic rings. The highest BCUT2D eigenvalue weighted by atomic mass is 16.5. The molecule has 1 aromatic carbocycles. The maximum atomic E-state index is 4.97. The van der Waals surface area contributed by atoms with Crippen LogP contribution in [0.4, 0.5) is 0 Å². The van der Waals surface area contributed by atoms with Crippen LogP contribution in [0.2, 0.25) is 0 Å². The average Bonchev–Trinajstić information content (AvgIpc) is 2.28. The summed E-state index contributed by atoms with van der Waals surface area (Å²) in [6, 6.07) is 8.78. The number of nitrogens with one attached hydrogen (secondary N) is 1. The highest BCUT2D eigenvalue weighted by Crippen LogP contribution is 2.07. The fraction of sp³-hybridized carbons (Fsp3) is 0.571. The minimum Gasteiger partial charge on any atom is -0.383 e. The third kappa shape index (κ3) is 5.89. The number of hydrogen-bond donors (Lipinski definition) is 1. The minimum absolute atomic E-state index is 0.803. The van der Waals surface area contributed by atoms with Gasteiger partial charge in [-0.2, -0.15) is 0 Å². The van der Waals surface area contributed by atoms with Crippen LogP contribution in [0, 0.1) is 6.92 Å². The van der Waals surface area contributed by atoms with Crippen LogP contribution >= 0.6 is 0 Å². The molecule has 1 rings (SSSR count). The number of unbranched alkanes of at least 4 members (excludes halogenated alkanes) is 1. The van der Waals surface area contributed by atoms with Crippen molar-refractivity contribution < 1.29 is 4.74 Å². The quantitative estimate of drug-likeness (QED) is 0.681. The Balaban J connectivity index is 2.03. The maximum Gasteiger partial charge on any atom is 0.0587 e. The normalized spacial score (nSPS) is 10.6. The van der Waals surface area contributed by atoms with Crippen LogP contribution in [0.1, 0.15) is 24.0 Å². The number of rotatable bonds is 8. The van der Waals surface area contributed by atoms with Gasteiger partial charge in [0.1, 0.15) is 0 Å². The van der Waals surface area contributed by atoms with Gasteiger partial charge in [-0.1, -0.05) is 29.8 Å². The number of aryl methyl sites for hydroxylation is 2. The highest BCUT2D eigenvalue weighted by Gasteiger charge is 1.94. The molecule has 0 spiro atoms. The van der Waals surface area contributed by atoms with Crippen LogP contribution in [0.5, 0.6) is 0 Å². The van der Waals surface area contributed by atoms with Gasteiger partial charge >= 0.3 is 0 Å². The van der Waals surface area contributed by atoms with E-state index in [0.29, 0.717) is 0 Å². The van der Waals surface area contributed by atoms with Crippen LogP contribution in [-0.4, -0.2) is 26.8 Å². The molecule has 0 radical (unpaired) electrons. The van der Waals surface area contributed by atoms with Gasteiger partial charge in [0.05, 0.1) is 6.61 Å². The standard InChI is InChI=1S/C14H23NO/c1-13-6-5-8-14(12-13)7-3-4-9-15-10-11-16-2/h5-6,8,12,15H,3-4,7,9-11H2,1-2H3. The zero-order valence-corrected chi connectivity index (χ0v) is 10.5. The van der Waals surface area contributed by atoms with Gasteiger partial charge in [0.2, 0.25) is 0 Å². The molecule has 16 heavy (non-hydrogen) atoms. The topological polar surface area (TPSA) is 21.3 Å². The van der Waals surface area contributed by atoms with Crippen molar-refractivity contribution in [3.05, 3.63) is 35.4 Å². The first kappa shape index (κ1) is 13.2. The van der Waals surface area contributed by atoms with Gasteiger partial charge in [0.15, 0.2) is 0 Å². The van der Waals surface area contributed by atoms with E-state index in [1.54, 1.807) is 7.11 Å². The molecule has 0 atom stereocenters. The predicted octanol–water partition coefficient (Wildman–Crippen LogP) is 2.55. The summed E-state index contributed by atoms with van der Waals surface area (Å²) in [5.41, 5.74) is 2.81. The number of ether oxygens (including phenoxy) is 1. The first-order chi connectivity index (χ1) is 7.83. The summed E-state index contributed by atoms with van der Waals surface area (Å²) in [6.45, 7) is 5.00. The Kier molecular flexibility index (Phi) is 6.86. The van der Waals surface area contributed by atoms with Crippen LogP contribution in [0.3, 0.4) is 0 Å². The van der Waals surface area contributed by atoms with Crippen molar-refractivity contribution >= 4 is 0 Å². The molecule has 0 heterocycles. The van der Waals surface area contributed by atoms with E-state index in [1.165, 1.54) is 30.4 Å². The Morgan fingerprint density at radius 3 is 2.81 bits per heavy atom. The molecule has 0 bridgehead atoms. The zero-order valence-electron chi connectivity index (χ0n) is 10.5. The Morgan fingerprint density at radius 1 is 1.19 bits per heavy atom. The summed E-state index contributed by atoms with van der Waals surface area (Å²) in [7, 11) is 1.74. The molecule has 2 nitrogen and oxygen atoms in total. The minimum atomic E-state index is 0.803. The Morgan fingerprint density at radius 2 is 2.06 bits per heavy atom. The summed E-state index contributed by atoms with van der Waals surface area (Å²) >= 11 is 0. The molecule has 0 aromatic heterocycles. The van der Waals surface area contributed by atoms with E-state index in [0.717, 1.165) is 19.7 Å². The second-order valence-electron chi connectivity index (χ2n) is 4.19. The van der Waals surface area contributed by atoms with Gasteiger partial charge in [0.25, 0.3) is 0 Å². The van der Waals surface area contributed by atoms with Crippen LogP contribution < -0.4 is 5.32 Å². The largest absolute Gasteiger partial charge is 0.383 e. The maximum absolute atomic E-state index is 4.97. The van der Waals surface area contributed by atoms with Crippen molar-refractivity contribution in [1.29, 1.82) is 0 Å². The third-order valence-corrected chi connectivity index (χ3v) is 2.63. The van der Waals surface area contributed by atoms with Crippen molar-refractivity contribution in [3.8, 4) is 0 Å². The average molecular weight is 221 g/mol. The fourth-order valence-electron chi connectivity index (χ4n) is 1.75. The van der Waals surface area contributed by atoms with Gasteiger partial charge in [0, 0.05) is 13.7 Å². The van der Waals surface area contributed by atoms with Gasteiger partial charge in [-0.25, -0.2) is 0 Å². The van der Waals surface area contributed by atoms with Crippen molar-refractivity contribution in [2.75, 3.05) is 26.8 Å². The lowest BCUT2D eigenvalue weighted by molar-refractivity contribution is 0.199. The molecule has 0 aliphatic rings. The summed E-state index contributed by atoms with van der Waals surface area (Å²) in [5, 5.41) is 3.36. The monoisotopic (exact) mass is 221 g/mol. The van der Waals surface area contributed by atoms with Gasteiger partial charge < -0.3 is 10.1 Å². The first-order valence-corrected chi connectivity index (χ1v) is 6.08. The van der Waals surface area contributed by atoms with Crippen molar-refractivity contribution in [1.82, 2.24) is 5.32 Å². The van der Waals surface area contributed by atoms with Crippen molar-refractivity contribution in [2.24, 2.45) is 0 Å². The van der Waals surface area contributed by atoms with E-state index in [1.807, 2.05) is 0 Å². The first-order valence-electron chi connectivity index (χ1n) is 6.08. The molecule has 90 valence electrons. The molecule has 0 fully saturated rings. The predicted molar refractivity (Wildman–Crippen MR) is 68.9 cm³/mol. The molecule has 0 aliphatic heterocycles. The van der Waals surface area contributed by atoms with E-state index in [9.17, 15) is 0 Å². The van der Waals surface area contributed by atoms with Crippen LogP contribution in [-0.2, 0) is 11.2 Å². The zero-order chi connectivity index (χ0) is 11.6. The van der Waals surface area contributed by atoms with Gasteiger partial charge in [-0.05, 0) is 38.3 Å². The Hall–Kier alpha value is -0.860. The lowest BCUT2D eigenvalue weighted by Crippen LogP contribution is -2.20. The lowest BCUT2D eigenvalue weighted by atomic mass is 10.1. The fourth-order valence-corrected chi connectivity index (χ4v) is 1.75. The van der Waals surface area contributed by atoms with Gasteiger partial charge in [-0.15, -0.1) is 0 Å². The van der Waals surface area contributed by atoms with E-state index in [4.69, 9.17) is 4.74 Å². The molecular weight excluding hydrogens is 198 g/mol. The molecular formula is C14H23NO. The Bertz CT molecular complexity index is 286. The number of benzene rings is 1. The van der Waals surface area contributed by atoms with E-state index in [2.05, 4.69) is 36.5 Å². The van der Waals surface area contributed by atoms with Crippen LogP contribution in [0.25, 0.3) is 0 Å². The molecule has 1 N–H and O–H groups in total. The van der Waals surface area contributed by atoms with Crippen molar-refractivity contribution in [3.63, 3.8) is 0 Å². The number of methoxy groups -OCH3 is 1. The summed E-state index contributed by atoms with van der Waals surface area (Å²) in [5.74, 6) is 0. The molecule has 0 unspecified atom stereocenters. The number of hydrogen-bond acceptors (Lipinski definition) is 2. The van der Waals surface area contributed by atoms with E-state index >= 15 is 0 Å². The lowest BCUT2D eigenvalue weighted by Gasteiger charge is -2.04. The van der Waals surface area contributed by atoms with Crippen molar-refractivity contribution in [2.45, 2.75) is 26.2 Å². The highest BCUT2D eigenvalue weighted by molar-refractivity contribution is 5.22. The smallest absolute Gasteiger partial charge is 0.0587 e. The van der Waals surface area contributed by atoms with Gasteiger partial charge in [-0.3, -0.25) is 0 Å². The molecule has 0 amide bonds. The van der Waals surface area contributed by atoms with Crippen LogP contribution in [0.15, 0.2) is 24.3 Å². The molecule has 0 aliphatic carbocycles. The molecule has 2 heteroatoms.